The zero-order valence-electron chi connectivity index (χ0n) is 16.2. The number of rotatable bonds is 5. The summed E-state index contributed by atoms with van der Waals surface area (Å²) in [4.78, 5) is 2.63. The van der Waals surface area contributed by atoms with Gasteiger partial charge >= 0.3 is 0 Å². The van der Waals surface area contributed by atoms with E-state index >= 15 is 0 Å². The van der Waals surface area contributed by atoms with Gasteiger partial charge in [-0.1, -0.05) is 68.8 Å². The molecule has 0 aromatic heterocycles. The summed E-state index contributed by atoms with van der Waals surface area (Å²) in [6, 6.07) is 9.80. The highest BCUT2D eigenvalue weighted by Crippen LogP contribution is 2.22. The van der Waals surface area contributed by atoms with E-state index < -0.39 is 0 Å². The fraction of sp³-hybridized carbons (Fsp3) is 0.565. The van der Waals surface area contributed by atoms with Gasteiger partial charge in [0.1, 0.15) is 0 Å². The second-order valence-electron chi connectivity index (χ2n) is 8.67. The van der Waals surface area contributed by atoms with E-state index in [1.807, 2.05) is 0 Å². The quantitative estimate of drug-likeness (QED) is 0.828. The van der Waals surface area contributed by atoms with E-state index in [0.717, 1.165) is 6.54 Å². The summed E-state index contributed by atoms with van der Waals surface area (Å²) in [5, 5.41) is 3.77. The Morgan fingerprint density at radius 3 is 2.40 bits per heavy atom. The highest BCUT2D eigenvalue weighted by Gasteiger charge is 2.19. The number of nitrogens with zero attached hydrogens (tertiary/aromatic N) is 1. The first-order valence-electron chi connectivity index (χ1n) is 9.90. The Labute approximate surface area is 154 Å². The third-order valence-electron chi connectivity index (χ3n) is 5.53. The molecule has 0 atom stereocenters. The van der Waals surface area contributed by atoms with E-state index in [1.54, 1.807) is 5.57 Å². The molecule has 0 saturated carbocycles. The van der Waals surface area contributed by atoms with Crippen molar-refractivity contribution in [2.75, 3.05) is 19.6 Å². The lowest BCUT2D eigenvalue weighted by Crippen LogP contribution is -2.42. The molecule has 0 unspecified atom stereocenters. The first-order valence-corrected chi connectivity index (χ1v) is 9.90. The molecule has 0 amide bonds. The van der Waals surface area contributed by atoms with Crippen LogP contribution in [0.2, 0.25) is 0 Å². The fourth-order valence-electron chi connectivity index (χ4n) is 3.75. The molecule has 0 bridgehead atoms. The smallest absolute Gasteiger partial charge is 0.0208 e. The molecule has 1 heterocycles. The Bertz CT molecular complexity index is 596. The third-order valence-corrected chi connectivity index (χ3v) is 5.53. The number of piperidine rings is 1. The van der Waals surface area contributed by atoms with Crippen molar-refractivity contribution in [3.05, 3.63) is 59.2 Å². The van der Waals surface area contributed by atoms with Crippen LogP contribution < -0.4 is 5.32 Å². The fourth-order valence-corrected chi connectivity index (χ4v) is 3.75. The number of likely N-dealkylation sites (tertiary alicyclic amines) is 1. The van der Waals surface area contributed by atoms with Crippen LogP contribution in [-0.4, -0.2) is 30.6 Å². The van der Waals surface area contributed by atoms with E-state index in [2.05, 4.69) is 73.5 Å². The Balaban J connectivity index is 1.40. The summed E-state index contributed by atoms with van der Waals surface area (Å²) in [5.74, 6) is 0. The molecular weight excluding hydrogens is 304 g/mol. The average Bonchev–Trinajstić information content (AvgIpc) is 2.62. The molecule has 2 heteroatoms. The highest BCUT2D eigenvalue weighted by molar-refractivity contribution is 5.27. The van der Waals surface area contributed by atoms with Crippen LogP contribution in [0.4, 0.5) is 0 Å². The maximum Gasteiger partial charge on any atom is 0.0208 e. The minimum Gasteiger partial charge on any atom is -0.310 e. The molecule has 1 saturated heterocycles. The predicted molar refractivity (Wildman–Crippen MR) is 108 cm³/mol. The first kappa shape index (κ1) is 18.4. The van der Waals surface area contributed by atoms with Crippen molar-refractivity contribution in [3.8, 4) is 0 Å². The van der Waals surface area contributed by atoms with Crippen LogP contribution in [0, 0.1) is 0 Å². The Morgan fingerprint density at radius 2 is 1.80 bits per heavy atom. The van der Waals surface area contributed by atoms with Gasteiger partial charge in [0, 0.05) is 19.1 Å². The van der Waals surface area contributed by atoms with E-state index in [-0.39, 0.29) is 5.41 Å². The summed E-state index contributed by atoms with van der Waals surface area (Å²) in [5.41, 5.74) is 4.65. The topological polar surface area (TPSA) is 15.3 Å². The van der Waals surface area contributed by atoms with Gasteiger partial charge in [-0.05, 0) is 55.3 Å². The second kappa shape index (κ2) is 8.33. The minimum absolute atomic E-state index is 0.238. The summed E-state index contributed by atoms with van der Waals surface area (Å²) >= 11 is 0. The molecule has 1 aliphatic carbocycles. The van der Waals surface area contributed by atoms with Crippen molar-refractivity contribution >= 4 is 0 Å². The van der Waals surface area contributed by atoms with Crippen molar-refractivity contribution in [2.24, 2.45) is 0 Å². The van der Waals surface area contributed by atoms with Crippen molar-refractivity contribution in [1.29, 1.82) is 0 Å². The summed E-state index contributed by atoms with van der Waals surface area (Å²) in [6.45, 7) is 11.4. The largest absolute Gasteiger partial charge is 0.310 e. The molecule has 3 rings (SSSR count). The van der Waals surface area contributed by atoms with Gasteiger partial charge in [-0.15, -0.1) is 0 Å². The number of nitrogens with one attached hydrogen (secondary N) is 1. The van der Waals surface area contributed by atoms with Crippen LogP contribution in [0.25, 0.3) is 0 Å². The third kappa shape index (κ3) is 5.55. The van der Waals surface area contributed by atoms with Crippen LogP contribution in [0.3, 0.4) is 0 Å². The Kier molecular flexibility index (Phi) is 6.14. The standard InChI is InChI=1S/C23H34N2/c1-23(2,3)21-11-9-19(10-12-21)17-24-22-13-15-25(16-14-22)18-20-7-5-4-6-8-20/h4-5,7,9-12,22,24H,6,8,13-18H2,1-3H3. The van der Waals surface area contributed by atoms with Gasteiger partial charge in [0.25, 0.3) is 0 Å². The van der Waals surface area contributed by atoms with Crippen LogP contribution in [-0.2, 0) is 12.0 Å². The second-order valence-corrected chi connectivity index (χ2v) is 8.67. The number of benzene rings is 1. The van der Waals surface area contributed by atoms with Gasteiger partial charge < -0.3 is 5.32 Å². The molecule has 0 radical (unpaired) electrons. The van der Waals surface area contributed by atoms with Crippen molar-refractivity contribution < 1.29 is 0 Å². The zero-order chi connectivity index (χ0) is 17.7. The van der Waals surface area contributed by atoms with E-state index in [9.17, 15) is 0 Å². The van der Waals surface area contributed by atoms with Crippen LogP contribution in [0.15, 0.2) is 48.1 Å². The van der Waals surface area contributed by atoms with Gasteiger partial charge in [0.15, 0.2) is 0 Å². The average molecular weight is 339 g/mol. The minimum atomic E-state index is 0.238. The highest BCUT2D eigenvalue weighted by atomic mass is 15.1. The molecule has 0 spiro atoms. The van der Waals surface area contributed by atoms with Crippen LogP contribution in [0.5, 0.6) is 0 Å². The van der Waals surface area contributed by atoms with E-state index in [1.165, 1.54) is 56.4 Å². The lowest BCUT2D eigenvalue weighted by Gasteiger charge is -2.33. The molecule has 2 aliphatic rings. The molecule has 1 fully saturated rings. The van der Waals surface area contributed by atoms with Crippen molar-refractivity contribution in [3.63, 3.8) is 0 Å². The first-order chi connectivity index (χ1) is 12.0. The lowest BCUT2D eigenvalue weighted by atomic mass is 9.87. The summed E-state index contributed by atoms with van der Waals surface area (Å²) < 4.78 is 0. The van der Waals surface area contributed by atoms with Crippen LogP contribution >= 0.6 is 0 Å². The Morgan fingerprint density at radius 1 is 1.08 bits per heavy atom. The Hall–Kier alpha value is -1.38. The van der Waals surface area contributed by atoms with Crippen LogP contribution in [0.1, 0.15) is 57.6 Å². The van der Waals surface area contributed by atoms with Crippen molar-refractivity contribution in [2.45, 2.75) is 64.5 Å². The van der Waals surface area contributed by atoms with Gasteiger partial charge in [-0.3, -0.25) is 4.90 Å². The van der Waals surface area contributed by atoms with Gasteiger partial charge in [-0.2, -0.15) is 0 Å². The summed E-state index contributed by atoms with van der Waals surface area (Å²) in [7, 11) is 0. The number of allylic oxidation sites excluding steroid dienone is 3. The maximum atomic E-state index is 3.77. The van der Waals surface area contributed by atoms with E-state index in [4.69, 9.17) is 0 Å². The van der Waals surface area contributed by atoms with Crippen molar-refractivity contribution in [1.82, 2.24) is 10.2 Å². The van der Waals surface area contributed by atoms with Gasteiger partial charge in [0.05, 0.1) is 0 Å². The SMILES string of the molecule is CC(C)(C)c1ccc(CNC2CCN(CC3=CC=CCC3)CC2)cc1. The monoisotopic (exact) mass is 338 g/mol. The van der Waals surface area contributed by atoms with Gasteiger partial charge in [-0.25, -0.2) is 0 Å². The summed E-state index contributed by atoms with van der Waals surface area (Å²) in [6.07, 6.45) is 11.8. The molecule has 1 aromatic rings. The normalized spacial score (nSPS) is 19.9. The maximum absolute atomic E-state index is 3.77. The molecule has 136 valence electrons. The van der Waals surface area contributed by atoms with E-state index in [0.29, 0.717) is 6.04 Å². The zero-order valence-corrected chi connectivity index (χ0v) is 16.2. The molecule has 2 nitrogen and oxygen atoms in total. The molecule has 1 aromatic carbocycles. The molecule has 25 heavy (non-hydrogen) atoms. The lowest BCUT2D eigenvalue weighted by molar-refractivity contribution is 0.209. The van der Waals surface area contributed by atoms with Gasteiger partial charge in [0.2, 0.25) is 0 Å². The molecule has 1 N–H and O–H groups in total. The molecular formula is C23H34N2. The number of hydrogen-bond donors (Lipinski definition) is 1. The predicted octanol–water partition coefficient (Wildman–Crippen LogP) is 4.81. The number of hydrogen-bond acceptors (Lipinski definition) is 2. The molecule has 1 aliphatic heterocycles.